The summed E-state index contributed by atoms with van der Waals surface area (Å²) in [6.45, 7) is 6.36. The van der Waals surface area contributed by atoms with Crippen LogP contribution >= 0.6 is 11.6 Å². The van der Waals surface area contributed by atoms with Crippen molar-refractivity contribution in [1.29, 1.82) is 0 Å². The van der Waals surface area contributed by atoms with E-state index in [1.165, 1.54) is 50.8 Å². The zero-order chi connectivity index (χ0) is 20.1. The molecule has 4 rings (SSSR count). The van der Waals surface area contributed by atoms with Crippen molar-refractivity contribution >= 4 is 23.8 Å². The fourth-order valence-corrected chi connectivity index (χ4v) is 5.55. The molecule has 0 aromatic heterocycles. The molecule has 0 radical (unpaired) electrons. The summed E-state index contributed by atoms with van der Waals surface area (Å²) in [6, 6.07) is 7.12. The number of aryl methyl sites for hydroxylation is 1. The van der Waals surface area contributed by atoms with Gasteiger partial charge in [-0.15, -0.1) is 0 Å². The molecule has 0 amide bonds. The summed E-state index contributed by atoms with van der Waals surface area (Å²) in [7, 11) is 0. The fourth-order valence-electron chi connectivity index (χ4n) is 5.37. The standard InChI is InChI=1S/C21H31ClN2O.CH2O2/c1-16-5-6-18(14-19(16)22)23-12-7-17(8-13-23)24-11-3-10-21(15-24)9-2-4-20(21)25;2-1-3/h5-6,14,17,20,25H,2-4,7-13,15H2,1H3;1H,(H,2,3)/t20-,21-;/m1./s1. The minimum atomic E-state index is -0.250. The molecule has 3 aliphatic rings. The van der Waals surface area contributed by atoms with Crippen molar-refractivity contribution in [2.24, 2.45) is 5.41 Å². The Bertz CT molecular complexity index is 663. The minimum Gasteiger partial charge on any atom is -0.483 e. The molecule has 0 bridgehead atoms. The number of halogens is 1. The van der Waals surface area contributed by atoms with Gasteiger partial charge in [-0.2, -0.15) is 0 Å². The molecule has 5 nitrogen and oxygen atoms in total. The molecule has 1 saturated carbocycles. The molecule has 2 atom stereocenters. The monoisotopic (exact) mass is 408 g/mol. The average molecular weight is 409 g/mol. The Balaban J connectivity index is 0.000000706. The molecule has 0 unspecified atom stereocenters. The zero-order valence-corrected chi connectivity index (χ0v) is 17.6. The number of rotatable bonds is 2. The number of aliphatic hydroxyl groups excluding tert-OH is 1. The quantitative estimate of drug-likeness (QED) is 0.725. The van der Waals surface area contributed by atoms with Crippen LogP contribution in [0, 0.1) is 12.3 Å². The lowest BCUT2D eigenvalue weighted by atomic mass is 9.76. The molecule has 1 aromatic carbocycles. The third-order valence-electron chi connectivity index (χ3n) is 7.00. The molecule has 1 aromatic rings. The topological polar surface area (TPSA) is 64.0 Å². The van der Waals surface area contributed by atoms with Crippen molar-refractivity contribution in [3.63, 3.8) is 0 Å². The van der Waals surface area contributed by atoms with Crippen LogP contribution in [0.1, 0.15) is 50.5 Å². The molecule has 28 heavy (non-hydrogen) atoms. The van der Waals surface area contributed by atoms with E-state index < -0.39 is 0 Å². The number of hydrogen-bond acceptors (Lipinski definition) is 4. The molecule has 156 valence electrons. The van der Waals surface area contributed by atoms with E-state index in [-0.39, 0.29) is 18.0 Å². The van der Waals surface area contributed by atoms with E-state index >= 15 is 0 Å². The van der Waals surface area contributed by atoms with Gasteiger partial charge < -0.3 is 15.1 Å². The second-order valence-electron chi connectivity index (χ2n) is 8.60. The summed E-state index contributed by atoms with van der Waals surface area (Å²) >= 11 is 6.31. The summed E-state index contributed by atoms with van der Waals surface area (Å²) in [5.41, 5.74) is 2.62. The van der Waals surface area contributed by atoms with E-state index in [1.807, 2.05) is 0 Å². The Hall–Kier alpha value is -1.30. The summed E-state index contributed by atoms with van der Waals surface area (Å²) in [5, 5.41) is 18.3. The molecule has 2 aliphatic heterocycles. The lowest BCUT2D eigenvalue weighted by molar-refractivity contribution is -0.122. The number of aliphatic hydroxyl groups is 1. The number of nitrogens with zero attached hydrogens (tertiary/aromatic N) is 2. The number of likely N-dealkylation sites (tertiary alicyclic amines) is 1. The molecule has 1 aliphatic carbocycles. The Morgan fingerprint density at radius 2 is 1.82 bits per heavy atom. The molecular formula is C22H33ClN2O3. The molecule has 1 spiro atoms. The van der Waals surface area contributed by atoms with Crippen LogP contribution in [0.3, 0.4) is 0 Å². The first-order valence-electron chi connectivity index (χ1n) is 10.5. The molecule has 2 heterocycles. The summed E-state index contributed by atoms with van der Waals surface area (Å²) in [5.74, 6) is 0. The van der Waals surface area contributed by atoms with Gasteiger partial charge in [0.15, 0.2) is 0 Å². The number of hydrogen-bond donors (Lipinski definition) is 2. The van der Waals surface area contributed by atoms with Crippen LogP contribution in [0.2, 0.25) is 5.02 Å². The largest absolute Gasteiger partial charge is 0.483 e. The first-order chi connectivity index (χ1) is 13.5. The van der Waals surface area contributed by atoms with Gasteiger partial charge in [0, 0.05) is 41.8 Å². The smallest absolute Gasteiger partial charge is 0.290 e. The number of carbonyl (C=O) groups is 1. The number of carboxylic acid groups (broad SMARTS) is 1. The van der Waals surface area contributed by atoms with Gasteiger partial charge >= 0.3 is 0 Å². The van der Waals surface area contributed by atoms with E-state index in [4.69, 9.17) is 21.5 Å². The normalized spacial score (nSPS) is 28.8. The Kier molecular flexibility index (Phi) is 7.24. The summed E-state index contributed by atoms with van der Waals surface area (Å²) in [4.78, 5) is 13.5. The van der Waals surface area contributed by atoms with Crippen LogP contribution in [-0.4, -0.2) is 59.9 Å². The minimum absolute atomic E-state index is 0.0647. The fraction of sp³-hybridized carbons (Fsp3) is 0.682. The maximum Gasteiger partial charge on any atom is 0.290 e. The molecular weight excluding hydrogens is 376 g/mol. The van der Waals surface area contributed by atoms with Crippen LogP contribution in [0.25, 0.3) is 0 Å². The second kappa shape index (κ2) is 9.47. The van der Waals surface area contributed by atoms with Gasteiger partial charge in [0.1, 0.15) is 0 Å². The summed E-state index contributed by atoms with van der Waals surface area (Å²) < 4.78 is 0. The van der Waals surface area contributed by atoms with Gasteiger partial charge in [0.2, 0.25) is 0 Å². The highest BCUT2D eigenvalue weighted by atomic mass is 35.5. The van der Waals surface area contributed by atoms with Crippen molar-refractivity contribution in [2.75, 3.05) is 31.1 Å². The lowest BCUT2D eigenvalue weighted by Crippen LogP contribution is -2.53. The molecule has 6 heteroatoms. The number of benzene rings is 1. The van der Waals surface area contributed by atoms with E-state index in [0.717, 1.165) is 36.6 Å². The van der Waals surface area contributed by atoms with Gasteiger partial charge in [-0.25, -0.2) is 0 Å². The predicted molar refractivity (Wildman–Crippen MR) is 113 cm³/mol. The first kappa shape index (κ1) is 21.4. The lowest BCUT2D eigenvalue weighted by Gasteiger charge is -2.47. The van der Waals surface area contributed by atoms with Crippen molar-refractivity contribution in [2.45, 2.75) is 64.0 Å². The molecule has 2 saturated heterocycles. The SMILES string of the molecule is Cc1ccc(N2CCC(N3CCC[C@]4(CCC[C@H]4O)C3)CC2)cc1Cl.O=CO. The highest BCUT2D eigenvalue weighted by Gasteiger charge is 2.45. The van der Waals surface area contributed by atoms with Crippen molar-refractivity contribution in [3.8, 4) is 0 Å². The van der Waals surface area contributed by atoms with Gasteiger partial charge in [-0.1, -0.05) is 24.1 Å². The first-order valence-corrected chi connectivity index (χ1v) is 10.9. The van der Waals surface area contributed by atoms with Crippen molar-refractivity contribution < 1.29 is 15.0 Å². The second-order valence-corrected chi connectivity index (χ2v) is 9.01. The predicted octanol–water partition coefficient (Wildman–Crippen LogP) is 3.95. The van der Waals surface area contributed by atoms with Crippen LogP contribution in [0.15, 0.2) is 18.2 Å². The van der Waals surface area contributed by atoms with E-state index in [0.29, 0.717) is 6.04 Å². The summed E-state index contributed by atoms with van der Waals surface area (Å²) in [6.07, 6.45) is 8.31. The van der Waals surface area contributed by atoms with Gasteiger partial charge in [-0.05, 0) is 69.7 Å². The van der Waals surface area contributed by atoms with Gasteiger partial charge in [-0.3, -0.25) is 9.69 Å². The third-order valence-corrected chi connectivity index (χ3v) is 7.41. The number of piperidine rings is 2. The Morgan fingerprint density at radius 3 is 2.43 bits per heavy atom. The van der Waals surface area contributed by atoms with E-state index in [2.05, 4.69) is 34.9 Å². The Labute approximate surface area is 173 Å². The highest BCUT2D eigenvalue weighted by molar-refractivity contribution is 6.31. The Morgan fingerprint density at radius 1 is 1.14 bits per heavy atom. The van der Waals surface area contributed by atoms with Gasteiger partial charge in [0.05, 0.1) is 6.10 Å². The molecule has 2 N–H and O–H groups in total. The van der Waals surface area contributed by atoms with Crippen LogP contribution in [-0.2, 0) is 4.79 Å². The van der Waals surface area contributed by atoms with Crippen molar-refractivity contribution in [1.82, 2.24) is 4.90 Å². The maximum absolute atomic E-state index is 10.5. The van der Waals surface area contributed by atoms with E-state index in [9.17, 15) is 5.11 Å². The van der Waals surface area contributed by atoms with Crippen molar-refractivity contribution in [3.05, 3.63) is 28.8 Å². The maximum atomic E-state index is 10.5. The average Bonchev–Trinajstić information content (AvgIpc) is 3.04. The highest BCUT2D eigenvalue weighted by Crippen LogP contribution is 2.45. The van der Waals surface area contributed by atoms with Gasteiger partial charge in [0.25, 0.3) is 6.47 Å². The van der Waals surface area contributed by atoms with Crippen LogP contribution < -0.4 is 4.90 Å². The number of anilines is 1. The van der Waals surface area contributed by atoms with Crippen LogP contribution in [0.5, 0.6) is 0 Å². The van der Waals surface area contributed by atoms with Crippen LogP contribution in [0.4, 0.5) is 5.69 Å². The molecule has 3 fully saturated rings. The zero-order valence-electron chi connectivity index (χ0n) is 16.8. The van der Waals surface area contributed by atoms with E-state index in [1.54, 1.807) is 0 Å². The third kappa shape index (κ3) is 4.64.